The largest absolute Gasteiger partial charge is 0.482 e. The van der Waals surface area contributed by atoms with Crippen molar-refractivity contribution in [3.05, 3.63) is 61.2 Å². The molecule has 2 nitrogen and oxygen atoms in total. The van der Waals surface area contributed by atoms with Gasteiger partial charge in [0.1, 0.15) is 6.61 Å². The Morgan fingerprint density at radius 3 is 2.33 bits per heavy atom. The van der Waals surface area contributed by atoms with Crippen molar-refractivity contribution in [3.63, 3.8) is 0 Å². The second-order valence-corrected chi connectivity index (χ2v) is 4.21. The molecule has 0 saturated heterocycles. The summed E-state index contributed by atoms with van der Waals surface area (Å²) in [7, 11) is 0. The highest BCUT2D eigenvalue weighted by Gasteiger charge is 2.04. The Hall–Kier alpha value is -1.45. The van der Waals surface area contributed by atoms with Crippen LogP contribution in [0.25, 0.3) is 0 Å². The van der Waals surface area contributed by atoms with Gasteiger partial charge in [0.2, 0.25) is 0 Å². The molecule has 1 aromatic rings. The summed E-state index contributed by atoms with van der Waals surface area (Å²) < 4.78 is 5.57. The van der Waals surface area contributed by atoms with Gasteiger partial charge in [-0.05, 0) is 12.2 Å². The predicted molar refractivity (Wildman–Crippen MR) is 80.9 cm³/mol. The van der Waals surface area contributed by atoms with Crippen LogP contribution < -0.4 is 0 Å². The number of hydrogen-bond donors (Lipinski definition) is 0. The monoisotopic (exact) mass is 261 g/mol. The highest BCUT2D eigenvalue weighted by atomic mass is 32.1. The number of benzene rings is 1. The van der Waals surface area contributed by atoms with Crippen molar-refractivity contribution >= 4 is 17.3 Å². The lowest BCUT2D eigenvalue weighted by molar-refractivity contribution is 0.233. The maximum atomic E-state index is 5.57. The molecule has 0 aliphatic carbocycles. The van der Waals surface area contributed by atoms with Crippen molar-refractivity contribution < 1.29 is 4.74 Å². The number of ether oxygens (including phenoxy) is 1. The van der Waals surface area contributed by atoms with Crippen LogP contribution in [-0.4, -0.2) is 36.2 Å². The molecule has 0 fully saturated rings. The summed E-state index contributed by atoms with van der Waals surface area (Å²) in [5.74, 6) is 0. The molecule has 0 heterocycles. The van der Waals surface area contributed by atoms with Crippen molar-refractivity contribution in [2.24, 2.45) is 0 Å². The Morgan fingerprint density at radius 1 is 1.17 bits per heavy atom. The van der Waals surface area contributed by atoms with E-state index in [1.165, 1.54) is 0 Å². The van der Waals surface area contributed by atoms with E-state index in [9.17, 15) is 0 Å². The van der Waals surface area contributed by atoms with Gasteiger partial charge >= 0.3 is 0 Å². The SMILES string of the molecule is C=CCN(CC=C)CCOC(=S)c1ccccc1. The molecule has 0 spiro atoms. The standard InChI is InChI=1S/C15H19NOS/c1-3-10-16(11-4-2)12-13-17-15(18)14-8-6-5-7-9-14/h3-9H,1-2,10-13H2. The number of rotatable bonds is 8. The van der Waals surface area contributed by atoms with Gasteiger partial charge in [0, 0.05) is 25.2 Å². The number of nitrogens with zero attached hydrogens (tertiary/aromatic N) is 1. The van der Waals surface area contributed by atoms with Crippen molar-refractivity contribution in [1.82, 2.24) is 4.90 Å². The third-order valence-corrected chi connectivity index (χ3v) is 2.78. The molecule has 96 valence electrons. The molecule has 1 rings (SSSR count). The quantitative estimate of drug-likeness (QED) is 0.527. The number of thiocarbonyl (C=S) groups is 1. The molecule has 0 atom stereocenters. The fourth-order valence-corrected chi connectivity index (χ4v) is 1.77. The van der Waals surface area contributed by atoms with Crippen LogP contribution in [0.2, 0.25) is 0 Å². The van der Waals surface area contributed by atoms with E-state index in [0.29, 0.717) is 11.7 Å². The lowest BCUT2D eigenvalue weighted by Crippen LogP contribution is -2.28. The van der Waals surface area contributed by atoms with Gasteiger partial charge in [0.05, 0.1) is 0 Å². The van der Waals surface area contributed by atoms with Crippen LogP contribution in [0.5, 0.6) is 0 Å². The van der Waals surface area contributed by atoms with Gasteiger partial charge in [-0.1, -0.05) is 42.5 Å². The fraction of sp³-hybridized carbons (Fsp3) is 0.267. The summed E-state index contributed by atoms with van der Waals surface area (Å²) in [5.41, 5.74) is 0.950. The van der Waals surface area contributed by atoms with Gasteiger partial charge in [0.25, 0.3) is 0 Å². The molecule has 0 bridgehead atoms. The van der Waals surface area contributed by atoms with Crippen LogP contribution in [0.3, 0.4) is 0 Å². The lowest BCUT2D eigenvalue weighted by atomic mass is 10.2. The average molecular weight is 261 g/mol. The predicted octanol–water partition coefficient (Wildman–Crippen LogP) is 3.05. The summed E-state index contributed by atoms with van der Waals surface area (Å²) in [6, 6.07) is 9.77. The fourth-order valence-electron chi connectivity index (χ4n) is 1.55. The summed E-state index contributed by atoms with van der Waals surface area (Å²) in [5, 5.41) is 0.549. The highest BCUT2D eigenvalue weighted by molar-refractivity contribution is 7.80. The van der Waals surface area contributed by atoms with Crippen LogP contribution in [0.1, 0.15) is 5.56 Å². The maximum Gasteiger partial charge on any atom is 0.191 e. The summed E-state index contributed by atoms with van der Waals surface area (Å²) in [6.45, 7) is 10.5. The van der Waals surface area contributed by atoms with Gasteiger partial charge < -0.3 is 4.74 Å². The molecule has 0 radical (unpaired) electrons. The van der Waals surface area contributed by atoms with E-state index in [1.54, 1.807) is 0 Å². The first-order valence-corrected chi connectivity index (χ1v) is 6.35. The summed E-state index contributed by atoms with van der Waals surface area (Å²) >= 11 is 5.22. The van der Waals surface area contributed by atoms with E-state index in [2.05, 4.69) is 18.1 Å². The zero-order valence-corrected chi connectivity index (χ0v) is 11.4. The normalized spacial score (nSPS) is 10.1. The van der Waals surface area contributed by atoms with Gasteiger partial charge in [-0.3, -0.25) is 4.90 Å². The molecular formula is C15H19NOS. The van der Waals surface area contributed by atoms with Crippen molar-refractivity contribution in [1.29, 1.82) is 0 Å². The van der Waals surface area contributed by atoms with Gasteiger partial charge in [-0.15, -0.1) is 13.2 Å². The Balaban J connectivity index is 2.34. The van der Waals surface area contributed by atoms with Gasteiger partial charge in [-0.25, -0.2) is 0 Å². The van der Waals surface area contributed by atoms with Crippen LogP contribution in [0.4, 0.5) is 0 Å². The summed E-state index contributed by atoms with van der Waals surface area (Å²) in [4.78, 5) is 2.19. The zero-order valence-electron chi connectivity index (χ0n) is 10.5. The second kappa shape index (κ2) is 8.61. The Morgan fingerprint density at radius 2 is 1.78 bits per heavy atom. The minimum absolute atomic E-state index is 0.549. The topological polar surface area (TPSA) is 12.5 Å². The van der Waals surface area contributed by atoms with E-state index in [4.69, 9.17) is 17.0 Å². The van der Waals surface area contributed by atoms with E-state index in [-0.39, 0.29) is 0 Å². The van der Waals surface area contributed by atoms with E-state index < -0.39 is 0 Å². The average Bonchev–Trinajstić information content (AvgIpc) is 2.40. The molecule has 0 amide bonds. The Labute approximate surface area is 115 Å². The first-order valence-electron chi connectivity index (χ1n) is 5.94. The Kier molecular flexibility index (Phi) is 6.99. The minimum atomic E-state index is 0.549. The molecule has 0 saturated carbocycles. The second-order valence-electron chi connectivity index (χ2n) is 3.84. The van der Waals surface area contributed by atoms with Gasteiger partial charge in [0.15, 0.2) is 5.05 Å². The molecule has 0 unspecified atom stereocenters. The smallest absolute Gasteiger partial charge is 0.191 e. The molecule has 0 N–H and O–H groups in total. The third kappa shape index (κ3) is 5.25. The summed E-state index contributed by atoms with van der Waals surface area (Å²) in [6.07, 6.45) is 3.75. The molecule has 18 heavy (non-hydrogen) atoms. The first-order chi connectivity index (χ1) is 8.77. The molecule has 0 aromatic heterocycles. The molecular weight excluding hydrogens is 242 g/mol. The maximum absolute atomic E-state index is 5.57. The Bertz CT molecular complexity index is 379. The first kappa shape index (κ1) is 14.6. The van der Waals surface area contributed by atoms with Crippen LogP contribution in [-0.2, 0) is 4.74 Å². The van der Waals surface area contributed by atoms with Crippen molar-refractivity contribution in [2.75, 3.05) is 26.2 Å². The molecule has 3 heteroatoms. The van der Waals surface area contributed by atoms with Crippen molar-refractivity contribution in [2.45, 2.75) is 0 Å². The number of hydrogen-bond acceptors (Lipinski definition) is 3. The van der Waals surface area contributed by atoms with Crippen LogP contribution >= 0.6 is 12.2 Å². The van der Waals surface area contributed by atoms with E-state index in [1.807, 2.05) is 42.5 Å². The van der Waals surface area contributed by atoms with Crippen LogP contribution in [0, 0.1) is 0 Å². The molecule has 1 aromatic carbocycles. The lowest BCUT2D eigenvalue weighted by Gasteiger charge is -2.18. The third-order valence-electron chi connectivity index (χ3n) is 2.42. The van der Waals surface area contributed by atoms with Crippen molar-refractivity contribution in [3.8, 4) is 0 Å². The zero-order chi connectivity index (χ0) is 13.2. The molecule has 0 aliphatic heterocycles. The van der Waals surface area contributed by atoms with E-state index in [0.717, 1.165) is 25.2 Å². The molecule has 0 aliphatic rings. The minimum Gasteiger partial charge on any atom is -0.482 e. The van der Waals surface area contributed by atoms with Crippen LogP contribution in [0.15, 0.2) is 55.6 Å². The highest BCUT2D eigenvalue weighted by Crippen LogP contribution is 2.02. The van der Waals surface area contributed by atoms with E-state index >= 15 is 0 Å². The van der Waals surface area contributed by atoms with Gasteiger partial charge in [-0.2, -0.15) is 0 Å².